The van der Waals surface area contributed by atoms with E-state index in [0.29, 0.717) is 5.70 Å². The predicted octanol–water partition coefficient (Wildman–Crippen LogP) is 4.14. The Balaban J connectivity index is 1.39. The van der Waals surface area contributed by atoms with Gasteiger partial charge in [-0.05, 0) is 30.9 Å². The molecular weight excluding hydrogens is 368 g/mol. The lowest BCUT2D eigenvalue weighted by molar-refractivity contribution is -0.0366. The first kappa shape index (κ1) is 19.0. The summed E-state index contributed by atoms with van der Waals surface area (Å²) < 4.78 is 13.0. The molecule has 1 atom stereocenters. The summed E-state index contributed by atoms with van der Waals surface area (Å²) in [5.41, 5.74) is 8.65. The van der Waals surface area contributed by atoms with Crippen LogP contribution < -0.4 is 10.9 Å². The number of ether oxygens (including phenoxy) is 2. The van der Waals surface area contributed by atoms with Crippen LogP contribution in [-0.4, -0.2) is 22.5 Å². The number of amides is 1. The van der Waals surface area contributed by atoms with Gasteiger partial charge in [-0.1, -0.05) is 49.0 Å². The van der Waals surface area contributed by atoms with Gasteiger partial charge in [0.25, 0.3) is 0 Å². The van der Waals surface area contributed by atoms with Crippen molar-refractivity contribution in [3.05, 3.63) is 72.4 Å². The minimum atomic E-state index is -0.575. The Morgan fingerprint density at radius 3 is 2.83 bits per heavy atom. The number of hydrogen-bond acceptors (Lipinski definition) is 5. The summed E-state index contributed by atoms with van der Waals surface area (Å²) in [5, 5.41) is 5.47. The molecule has 1 unspecified atom stereocenters. The summed E-state index contributed by atoms with van der Waals surface area (Å²) in [6, 6.07) is 15.4. The average Bonchev–Trinajstić information content (AvgIpc) is 3.21. The molecule has 0 aliphatic carbocycles. The molecule has 0 spiro atoms. The molecule has 0 radical (unpaired) electrons. The highest BCUT2D eigenvalue weighted by Gasteiger charge is 2.19. The maximum atomic E-state index is 12.0. The molecule has 1 aromatic heterocycles. The molecule has 1 saturated heterocycles. The number of aromatic nitrogens is 2. The maximum Gasteiger partial charge on any atom is 0.426 e. The van der Waals surface area contributed by atoms with Crippen molar-refractivity contribution in [3.8, 4) is 0 Å². The summed E-state index contributed by atoms with van der Waals surface area (Å²) in [6.45, 7) is 5.00. The van der Waals surface area contributed by atoms with E-state index in [0.717, 1.165) is 47.9 Å². The van der Waals surface area contributed by atoms with Crippen LogP contribution in [0.3, 0.4) is 0 Å². The summed E-state index contributed by atoms with van der Waals surface area (Å²) in [6.07, 6.45) is 4.37. The molecule has 0 bridgehead atoms. The smallest absolute Gasteiger partial charge is 0.426 e. The van der Waals surface area contributed by atoms with E-state index >= 15 is 0 Å². The van der Waals surface area contributed by atoms with Crippen LogP contribution in [0.15, 0.2) is 61.3 Å². The average molecular weight is 392 g/mol. The van der Waals surface area contributed by atoms with Crippen LogP contribution in [0.1, 0.15) is 36.6 Å². The number of nitrogens with one attached hydrogen (secondary N) is 2. The van der Waals surface area contributed by atoms with E-state index in [1.165, 1.54) is 0 Å². The van der Waals surface area contributed by atoms with Crippen molar-refractivity contribution in [3.63, 3.8) is 0 Å². The van der Waals surface area contributed by atoms with Crippen molar-refractivity contribution in [1.29, 1.82) is 0 Å². The third-order valence-corrected chi connectivity index (χ3v) is 4.92. The number of carbonyl (C=O) groups is 1. The largest absolute Gasteiger partial charge is 0.443 e. The van der Waals surface area contributed by atoms with Crippen LogP contribution in [0.4, 0.5) is 4.79 Å². The van der Waals surface area contributed by atoms with Gasteiger partial charge in [-0.25, -0.2) is 14.9 Å². The molecule has 1 amide bonds. The van der Waals surface area contributed by atoms with Crippen molar-refractivity contribution < 1.29 is 14.3 Å². The van der Waals surface area contributed by atoms with Crippen LogP contribution in [0.5, 0.6) is 0 Å². The normalized spacial score (nSPS) is 16.3. The lowest BCUT2D eigenvalue weighted by Gasteiger charge is -2.23. The van der Waals surface area contributed by atoms with Crippen molar-refractivity contribution in [1.82, 2.24) is 20.6 Å². The molecular formula is C22H24N4O3. The van der Waals surface area contributed by atoms with E-state index in [9.17, 15) is 4.79 Å². The van der Waals surface area contributed by atoms with Crippen LogP contribution >= 0.6 is 0 Å². The highest BCUT2D eigenvalue weighted by atomic mass is 16.6. The van der Waals surface area contributed by atoms with Crippen molar-refractivity contribution in [2.45, 2.75) is 32.1 Å². The van der Waals surface area contributed by atoms with Gasteiger partial charge in [0.05, 0.1) is 17.4 Å². The Kier molecular flexibility index (Phi) is 5.76. The number of hydrazine groups is 1. The minimum Gasteiger partial charge on any atom is -0.443 e. The van der Waals surface area contributed by atoms with Crippen molar-refractivity contribution in [2.75, 3.05) is 6.61 Å². The third-order valence-electron chi connectivity index (χ3n) is 4.92. The molecule has 29 heavy (non-hydrogen) atoms. The van der Waals surface area contributed by atoms with Gasteiger partial charge in [0.2, 0.25) is 0 Å². The molecule has 7 heteroatoms. The first-order valence-corrected chi connectivity index (χ1v) is 9.72. The lowest BCUT2D eigenvalue weighted by Crippen LogP contribution is -2.36. The molecule has 4 rings (SSSR count). The van der Waals surface area contributed by atoms with E-state index in [4.69, 9.17) is 9.47 Å². The minimum absolute atomic E-state index is 0.0381. The molecule has 2 aromatic carbocycles. The fourth-order valence-electron chi connectivity index (χ4n) is 3.43. The van der Waals surface area contributed by atoms with E-state index in [1.54, 1.807) is 0 Å². The Morgan fingerprint density at radius 1 is 1.17 bits per heavy atom. The zero-order chi connectivity index (χ0) is 20.1. The Labute approximate surface area is 169 Å². The number of rotatable bonds is 6. The number of benzene rings is 2. The predicted molar refractivity (Wildman–Crippen MR) is 111 cm³/mol. The van der Waals surface area contributed by atoms with E-state index in [1.807, 2.05) is 59.4 Å². The van der Waals surface area contributed by atoms with Gasteiger partial charge < -0.3 is 9.47 Å². The second kappa shape index (κ2) is 8.79. The summed E-state index contributed by atoms with van der Waals surface area (Å²) in [7, 11) is 0. The summed E-state index contributed by atoms with van der Waals surface area (Å²) in [5.74, 6) is 0. The molecule has 150 valence electrons. The van der Waals surface area contributed by atoms with Crippen LogP contribution in [-0.2, 0) is 16.1 Å². The number of fused-ring (bicyclic) bond motifs is 1. The molecule has 0 saturated carbocycles. The zero-order valence-electron chi connectivity index (χ0n) is 16.1. The monoisotopic (exact) mass is 392 g/mol. The molecule has 1 fully saturated rings. The van der Waals surface area contributed by atoms with Crippen LogP contribution in [0, 0.1) is 0 Å². The van der Waals surface area contributed by atoms with Gasteiger partial charge in [-0.15, -0.1) is 0 Å². The summed E-state index contributed by atoms with van der Waals surface area (Å²) >= 11 is 0. The van der Waals surface area contributed by atoms with E-state index in [-0.39, 0.29) is 12.8 Å². The molecule has 2 N–H and O–H groups in total. The van der Waals surface area contributed by atoms with E-state index in [2.05, 4.69) is 22.5 Å². The molecule has 3 aromatic rings. The van der Waals surface area contributed by atoms with Gasteiger partial charge in [-0.2, -0.15) is 5.10 Å². The highest BCUT2D eigenvalue weighted by molar-refractivity contribution is 5.91. The lowest BCUT2D eigenvalue weighted by atomic mass is 10.1. The molecule has 1 aliphatic rings. The highest BCUT2D eigenvalue weighted by Crippen LogP contribution is 2.29. The van der Waals surface area contributed by atoms with Crippen LogP contribution in [0.25, 0.3) is 16.6 Å². The van der Waals surface area contributed by atoms with Gasteiger partial charge in [0, 0.05) is 17.6 Å². The van der Waals surface area contributed by atoms with Gasteiger partial charge in [0.1, 0.15) is 6.61 Å². The SMILES string of the molecule is C=C(NNC(=O)OCc1ccccc1)c1cccc2c1cnn2C1CCCCO1. The number of nitrogens with zero attached hydrogens (tertiary/aromatic N) is 2. The van der Waals surface area contributed by atoms with E-state index < -0.39 is 6.09 Å². The fraction of sp³-hybridized carbons (Fsp3) is 0.273. The molecule has 1 aliphatic heterocycles. The maximum absolute atomic E-state index is 12.0. The first-order valence-electron chi connectivity index (χ1n) is 9.72. The Bertz CT molecular complexity index is 994. The summed E-state index contributed by atoms with van der Waals surface area (Å²) in [4.78, 5) is 12.0. The van der Waals surface area contributed by atoms with Gasteiger partial charge >= 0.3 is 6.09 Å². The standard InChI is InChI=1S/C22H24N4O3/c1-16(24-25-22(27)29-15-17-8-3-2-4-9-17)18-10-7-11-20-19(18)14-23-26(20)21-12-5-6-13-28-21/h2-4,7-11,14,21,24H,1,5-6,12-13,15H2,(H,25,27). The van der Waals surface area contributed by atoms with Crippen LogP contribution in [0.2, 0.25) is 0 Å². The second-order valence-electron chi connectivity index (χ2n) is 6.94. The van der Waals surface area contributed by atoms with Gasteiger partial charge in [0.15, 0.2) is 6.23 Å². The Morgan fingerprint density at radius 2 is 2.03 bits per heavy atom. The third kappa shape index (κ3) is 4.41. The quantitative estimate of drug-likeness (QED) is 0.617. The van der Waals surface area contributed by atoms with Crippen molar-refractivity contribution >= 4 is 22.7 Å². The number of hydrogen-bond donors (Lipinski definition) is 2. The molecule has 7 nitrogen and oxygen atoms in total. The Hall–Kier alpha value is -3.32. The molecule has 2 heterocycles. The zero-order valence-corrected chi connectivity index (χ0v) is 16.1. The second-order valence-corrected chi connectivity index (χ2v) is 6.94. The number of carbonyl (C=O) groups excluding carboxylic acids is 1. The first-order chi connectivity index (χ1) is 14.2. The van der Waals surface area contributed by atoms with Gasteiger partial charge in [-0.3, -0.25) is 5.43 Å². The fourth-order valence-corrected chi connectivity index (χ4v) is 3.43. The van der Waals surface area contributed by atoms with Crippen molar-refractivity contribution in [2.24, 2.45) is 0 Å². The topological polar surface area (TPSA) is 77.4 Å².